The first-order valence-corrected chi connectivity index (χ1v) is 8.62. The van der Waals surface area contributed by atoms with Crippen molar-refractivity contribution in [3.8, 4) is 0 Å². The molecule has 1 aliphatic heterocycles. The lowest BCUT2D eigenvalue weighted by molar-refractivity contribution is -0.130. The zero-order valence-electron chi connectivity index (χ0n) is 15.2. The van der Waals surface area contributed by atoms with Gasteiger partial charge in [-0.15, -0.1) is 0 Å². The fraction of sp³-hybridized carbons (Fsp3) is 0.474. The Labute approximate surface area is 147 Å². The van der Waals surface area contributed by atoms with Crippen molar-refractivity contribution in [2.24, 2.45) is 0 Å². The van der Waals surface area contributed by atoms with Gasteiger partial charge in [0.1, 0.15) is 16.9 Å². The van der Waals surface area contributed by atoms with Gasteiger partial charge in [-0.2, -0.15) is 0 Å². The van der Waals surface area contributed by atoms with Crippen molar-refractivity contribution >= 4 is 22.9 Å². The number of hydrogen-bond acceptors (Lipinski definition) is 4. The topological polar surface area (TPSA) is 65.8 Å². The molecule has 1 atom stereocenters. The Morgan fingerprint density at radius 3 is 2.64 bits per heavy atom. The maximum Gasteiger partial charge on any atom is 0.325 e. The number of para-hydroxylation sites is 1. The van der Waals surface area contributed by atoms with Crippen molar-refractivity contribution in [1.82, 2.24) is 15.1 Å². The van der Waals surface area contributed by atoms with E-state index < -0.39 is 5.54 Å². The van der Waals surface area contributed by atoms with E-state index in [4.69, 9.17) is 4.42 Å². The fourth-order valence-electron chi connectivity index (χ4n) is 3.12. The molecule has 1 fully saturated rings. The van der Waals surface area contributed by atoms with Gasteiger partial charge >= 0.3 is 6.03 Å². The average Bonchev–Trinajstić information content (AvgIpc) is 3.07. The maximum absolute atomic E-state index is 12.2. The number of imide groups is 1. The van der Waals surface area contributed by atoms with Crippen molar-refractivity contribution in [3.05, 3.63) is 36.1 Å². The third kappa shape index (κ3) is 3.39. The second kappa shape index (κ2) is 6.52. The van der Waals surface area contributed by atoms with Crippen molar-refractivity contribution in [2.45, 2.75) is 38.8 Å². The predicted octanol–water partition coefficient (Wildman–Crippen LogP) is 3.15. The van der Waals surface area contributed by atoms with Crippen LogP contribution in [0.4, 0.5) is 4.79 Å². The van der Waals surface area contributed by atoms with Gasteiger partial charge in [-0.05, 0) is 46.4 Å². The monoisotopic (exact) mass is 343 g/mol. The van der Waals surface area contributed by atoms with Crippen molar-refractivity contribution < 1.29 is 14.0 Å². The van der Waals surface area contributed by atoms with Crippen LogP contribution in [0.1, 0.15) is 39.0 Å². The fourth-order valence-corrected chi connectivity index (χ4v) is 3.12. The summed E-state index contributed by atoms with van der Waals surface area (Å²) in [5.74, 6) is 0.755. The van der Waals surface area contributed by atoms with E-state index in [0.29, 0.717) is 6.54 Å². The molecule has 3 rings (SSSR count). The Morgan fingerprint density at radius 1 is 1.28 bits per heavy atom. The van der Waals surface area contributed by atoms with Crippen molar-refractivity contribution in [1.29, 1.82) is 0 Å². The molecule has 0 saturated carbocycles. The molecule has 6 heteroatoms. The lowest BCUT2D eigenvalue weighted by Crippen LogP contribution is -2.40. The Hall–Kier alpha value is -2.34. The molecule has 0 radical (unpaired) electrons. The molecule has 25 heavy (non-hydrogen) atoms. The number of fused-ring (bicyclic) bond motifs is 1. The normalized spacial score (nSPS) is 18.2. The number of hydrogen-bond donors (Lipinski definition) is 1. The van der Waals surface area contributed by atoms with E-state index in [2.05, 4.69) is 23.2 Å². The number of nitrogens with zero attached hydrogens (tertiary/aromatic N) is 2. The number of urea groups is 1. The zero-order chi connectivity index (χ0) is 18.2. The maximum atomic E-state index is 12.2. The predicted molar refractivity (Wildman–Crippen MR) is 96.2 cm³/mol. The van der Waals surface area contributed by atoms with Gasteiger partial charge in [-0.1, -0.05) is 18.2 Å². The Kier molecular flexibility index (Phi) is 4.56. The number of furan rings is 1. The van der Waals surface area contributed by atoms with Crippen LogP contribution in [-0.2, 0) is 4.79 Å². The first-order valence-electron chi connectivity index (χ1n) is 8.62. The molecule has 1 aliphatic rings. The second-order valence-corrected chi connectivity index (χ2v) is 7.21. The van der Waals surface area contributed by atoms with Crippen LogP contribution < -0.4 is 5.32 Å². The van der Waals surface area contributed by atoms with Crippen LogP contribution >= 0.6 is 0 Å². The summed E-state index contributed by atoms with van der Waals surface area (Å²) in [6, 6.07) is 9.84. The number of rotatable bonds is 6. The van der Waals surface area contributed by atoms with Gasteiger partial charge in [0.25, 0.3) is 5.91 Å². The largest absolute Gasteiger partial charge is 0.459 e. The lowest BCUT2D eigenvalue weighted by atomic mass is 10.1. The molecule has 1 saturated heterocycles. The number of nitrogens with one attached hydrogen (secondary N) is 1. The van der Waals surface area contributed by atoms with Gasteiger partial charge in [0.05, 0.1) is 6.04 Å². The van der Waals surface area contributed by atoms with Gasteiger partial charge in [-0.25, -0.2) is 4.79 Å². The molecule has 1 N–H and O–H groups in total. The molecule has 1 unspecified atom stereocenters. The zero-order valence-corrected chi connectivity index (χ0v) is 15.2. The highest BCUT2D eigenvalue weighted by molar-refractivity contribution is 6.06. The van der Waals surface area contributed by atoms with E-state index in [1.165, 1.54) is 4.90 Å². The van der Waals surface area contributed by atoms with E-state index in [1.807, 2.05) is 31.3 Å². The number of carbonyl (C=O) groups is 2. The molecule has 1 aromatic heterocycles. The minimum atomic E-state index is -0.801. The third-order valence-corrected chi connectivity index (χ3v) is 4.85. The molecular formula is C19H25N3O3. The van der Waals surface area contributed by atoms with Crippen LogP contribution in [-0.4, -0.2) is 47.4 Å². The summed E-state index contributed by atoms with van der Waals surface area (Å²) in [6.45, 7) is 6.72. The minimum absolute atomic E-state index is 0.118. The van der Waals surface area contributed by atoms with Crippen LogP contribution in [0.5, 0.6) is 0 Å². The first-order chi connectivity index (χ1) is 11.8. The Balaban J connectivity index is 1.56. The van der Waals surface area contributed by atoms with Gasteiger partial charge in [-0.3, -0.25) is 14.6 Å². The van der Waals surface area contributed by atoms with Crippen LogP contribution in [0.3, 0.4) is 0 Å². The molecule has 6 nitrogen and oxygen atoms in total. The summed E-state index contributed by atoms with van der Waals surface area (Å²) >= 11 is 0. The molecule has 2 aromatic rings. The Bertz CT molecular complexity index is 763. The van der Waals surface area contributed by atoms with E-state index in [1.54, 1.807) is 13.8 Å². The van der Waals surface area contributed by atoms with Crippen LogP contribution in [0.2, 0.25) is 0 Å². The standard InChI is InChI=1S/C19H25N3O3/c1-13(16-12-14-8-5-6-9-15(14)25-16)21(4)10-7-11-22-17(23)19(2,3)20-18(22)24/h5-6,8-9,12-13H,7,10-11H2,1-4H3,(H,20,24). The molecule has 0 bridgehead atoms. The number of amides is 3. The third-order valence-electron chi connectivity index (χ3n) is 4.85. The highest BCUT2D eigenvalue weighted by Crippen LogP contribution is 2.26. The minimum Gasteiger partial charge on any atom is -0.459 e. The van der Waals surface area contributed by atoms with Crippen molar-refractivity contribution in [3.63, 3.8) is 0 Å². The summed E-state index contributed by atoms with van der Waals surface area (Å²) < 4.78 is 5.92. The highest BCUT2D eigenvalue weighted by Gasteiger charge is 2.43. The van der Waals surface area contributed by atoms with E-state index >= 15 is 0 Å². The average molecular weight is 343 g/mol. The van der Waals surface area contributed by atoms with Crippen LogP contribution in [0.15, 0.2) is 34.7 Å². The molecular weight excluding hydrogens is 318 g/mol. The second-order valence-electron chi connectivity index (χ2n) is 7.21. The summed E-state index contributed by atoms with van der Waals surface area (Å²) in [5, 5.41) is 3.80. The molecule has 134 valence electrons. The van der Waals surface area contributed by atoms with E-state index in [9.17, 15) is 9.59 Å². The lowest BCUT2D eigenvalue weighted by Gasteiger charge is -2.24. The quantitative estimate of drug-likeness (QED) is 0.818. The van der Waals surface area contributed by atoms with Gasteiger partial charge in [0, 0.05) is 18.5 Å². The van der Waals surface area contributed by atoms with Crippen LogP contribution in [0, 0.1) is 0 Å². The van der Waals surface area contributed by atoms with Gasteiger partial charge in [0.2, 0.25) is 0 Å². The molecule has 1 aromatic carbocycles. The summed E-state index contributed by atoms with van der Waals surface area (Å²) in [6.07, 6.45) is 0.719. The highest BCUT2D eigenvalue weighted by atomic mass is 16.3. The summed E-state index contributed by atoms with van der Waals surface area (Å²) in [4.78, 5) is 27.6. The van der Waals surface area contributed by atoms with Gasteiger partial charge in [0.15, 0.2) is 0 Å². The number of benzene rings is 1. The first kappa shape index (κ1) is 17.5. The molecule has 0 spiro atoms. The van der Waals surface area contributed by atoms with Gasteiger partial charge < -0.3 is 9.73 Å². The smallest absolute Gasteiger partial charge is 0.325 e. The van der Waals surface area contributed by atoms with E-state index in [-0.39, 0.29) is 18.0 Å². The Morgan fingerprint density at radius 2 is 2.00 bits per heavy atom. The molecule has 3 amide bonds. The number of carbonyl (C=O) groups excluding carboxylic acids is 2. The SMILES string of the molecule is CC(c1cc2ccccc2o1)N(C)CCCN1C(=O)NC(C)(C)C1=O. The summed E-state index contributed by atoms with van der Waals surface area (Å²) in [5.41, 5.74) is 0.0872. The van der Waals surface area contributed by atoms with Crippen molar-refractivity contribution in [2.75, 3.05) is 20.1 Å². The molecule has 0 aliphatic carbocycles. The van der Waals surface area contributed by atoms with Crippen LogP contribution in [0.25, 0.3) is 11.0 Å². The van der Waals surface area contributed by atoms with E-state index in [0.717, 1.165) is 29.7 Å². The molecule has 2 heterocycles. The summed E-state index contributed by atoms with van der Waals surface area (Å²) in [7, 11) is 2.02.